The molecule has 0 aliphatic heterocycles. The van der Waals surface area contributed by atoms with E-state index < -0.39 is 0 Å². The standard InChI is InChI=1S/C20H32/c1-7-15-9-11-16(12-10-15)17-13-14-19(3,4)18(8-2)20(17,5)6/h9-12,17-18H,7-8,13-14H2,1-6H3/t17-,18?/m0/s1. The van der Waals surface area contributed by atoms with Crippen molar-refractivity contribution in [3.8, 4) is 0 Å². The van der Waals surface area contributed by atoms with E-state index in [1.807, 2.05) is 0 Å². The van der Waals surface area contributed by atoms with Crippen LogP contribution in [0.3, 0.4) is 0 Å². The van der Waals surface area contributed by atoms with E-state index in [1.54, 1.807) is 5.56 Å². The molecule has 0 aromatic heterocycles. The molecule has 0 spiro atoms. The van der Waals surface area contributed by atoms with Crippen LogP contribution in [0.5, 0.6) is 0 Å². The van der Waals surface area contributed by atoms with Gasteiger partial charge in [-0.05, 0) is 53.1 Å². The summed E-state index contributed by atoms with van der Waals surface area (Å²) in [6.07, 6.45) is 5.12. The number of hydrogen-bond acceptors (Lipinski definition) is 0. The zero-order valence-electron chi connectivity index (χ0n) is 14.3. The number of rotatable bonds is 3. The van der Waals surface area contributed by atoms with Crippen LogP contribution in [0.15, 0.2) is 24.3 Å². The SMILES string of the molecule is CCc1ccc([C@@H]2CCC(C)(C)C(CC)C2(C)C)cc1. The van der Waals surface area contributed by atoms with Gasteiger partial charge < -0.3 is 0 Å². The molecule has 0 N–H and O–H groups in total. The van der Waals surface area contributed by atoms with Crippen molar-refractivity contribution in [2.24, 2.45) is 16.7 Å². The van der Waals surface area contributed by atoms with Crippen molar-refractivity contribution in [3.05, 3.63) is 35.4 Å². The summed E-state index contributed by atoms with van der Waals surface area (Å²) in [6, 6.07) is 9.42. The Bertz CT molecular complexity index is 436. The van der Waals surface area contributed by atoms with Crippen LogP contribution in [0.2, 0.25) is 0 Å². The average Bonchev–Trinajstić information content (AvgIpc) is 2.38. The summed E-state index contributed by atoms with van der Waals surface area (Å²) >= 11 is 0. The fourth-order valence-electron chi connectivity index (χ4n) is 4.97. The Morgan fingerprint density at radius 2 is 1.60 bits per heavy atom. The Labute approximate surface area is 126 Å². The van der Waals surface area contributed by atoms with Crippen molar-refractivity contribution in [3.63, 3.8) is 0 Å². The molecule has 20 heavy (non-hydrogen) atoms. The van der Waals surface area contributed by atoms with Crippen LogP contribution < -0.4 is 0 Å². The molecule has 0 bridgehead atoms. The Morgan fingerprint density at radius 3 is 2.10 bits per heavy atom. The van der Waals surface area contributed by atoms with E-state index >= 15 is 0 Å². The van der Waals surface area contributed by atoms with E-state index in [9.17, 15) is 0 Å². The molecule has 1 aliphatic carbocycles. The van der Waals surface area contributed by atoms with E-state index in [0.717, 1.165) is 12.3 Å². The number of aryl methyl sites for hydroxylation is 1. The summed E-state index contributed by atoms with van der Waals surface area (Å²) in [5.41, 5.74) is 3.89. The molecule has 0 heterocycles. The Balaban J connectivity index is 2.32. The van der Waals surface area contributed by atoms with Crippen LogP contribution in [0.25, 0.3) is 0 Å². The molecule has 1 aromatic carbocycles. The van der Waals surface area contributed by atoms with Gasteiger partial charge in [-0.25, -0.2) is 0 Å². The maximum absolute atomic E-state index is 2.50. The summed E-state index contributed by atoms with van der Waals surface area (Å²) < 4.78 is 0. The highest BCUT2D eigenvalue weighted by molar-refractivity contribution is 5.28. The van der Waals surface area contributed by atoms with E-state index in [0.29, 0.717) is 16.7 Å². The minimum absolute atomic E-state index is 0.393. The van der Waals surface area contributed by atoms with Gasteiger partial charge in [0.15, 0.2) is 0 Å². The molecule has 2 rings (SSSR count). The summed E-state index contributed by atoms with van der Waals surface area (Å²) in [4.78, 5) is 0. The zero-order chi connectivity index (χ0) is 15.0. The van der Waals surface area contributed by atoms with Crippen molar-refractivity contribution in [1.82, 2.24) is 0 Å². The van der Waals surface area contributed by atoms with Crippen molar-refractivity contribution in [2.75, 3.05) is 0 Å². The summed E-state index contributed by atoms with van der Waals surface area (Å²) in [5.74, 6) is 1.52. The Kier molecular flexibility index (Phi) is 4.33. The number of hydrogen-bond donors (Lipinski definition) is 0. The van der Waals surface area contributed by atoms with Crippen LogP contribution in [0.1, 0.15) is 77.8 Å². The van der Waals surface area contributed by atoms with Crippen molar-refractivity contribution >= 4 is 0 Å². The molecule has 1 aromatic rings. The molecule has 0 heteroatoms. The highest BCUT2D eigenvalue weighted by atomic mass is 14.5. The van der Waals surface area contributed by atoms with Crippen molar-refractivity contribution in [2.45, 2.75) is 73.1 Å². The quantitative estimate of drug-likeness (QED) is 0.614. The topological polar surface area (TPSA) is 0 Å². The lowest BCUT2D eigenvalue weighted by molar-refractivity contribution is -0.00764. The Morgan fingerprint density at radius 1 is 1.00 bits per heavy atom. The molecule has 2 atom stereocenters. The lowest BCUT2D eigenvalue weighted by atomic mass is 9.51. The third kappa shape index (κ3) is 2.67. The normalized spacial score (nSPS) is 28.3. The molecule has 0 saturated heterocycles. The molecule has 0 nitrogen and oxygen atoms in total. The van der Waals surface area contributed by atoms with E-state index in [2.05, 4.69) is 65.8 Å². The molecule has 1 saturated carbocycles. The van der Waals surface area contributed by atoms with Gasteiger partial charge >= 0.3 is 0 Å². The predicted molar refractivity (Wildman–Crippen MR) is 89.1 cm³/mol. The van der Waals surface area contributed by atoms with Crippen LogP contribution in [0.4, 0.5) is 0 Å². The van der Waals surface area contributed by atoms with Crippen LogP contribution >= 0.6 is 0 Å². The molecule has 0 radical (unpaired) electrons. The molecule has 1 fully saturated rings. The first kappa shape index (κ1) is 15.6. The summed E-state index contributed by atoms with van der Waals surface area (Å²) in [7, 11) is 0. The van der Waals surface area contributed by atoms with Gasteiger partial charge in [-0.1, -0.05) is 72.2 Å². The first-order valence-corrected chi connectivity index (χ1v) is 8.41. The van der Waals surface area contributed by atoms with E-state index in [4.69, 9.17) is 0 Å². The van der Waals surface area contributed by atoms with Gasteiger partial charge in [0.2, 0.25) is 0 Å². The first-order valence-electron chi connectivity index (χ1n) is 8.41. The Hall–Kier alpha value is -0.780. The van der Waals surface area contributed by atoms with Crippen molar-refractivity contribution in [1.29, 1.82) is 0 Å². The maximum atomic E-state index is 2.50. The minimum Gasteiger partial charge on any atom is -0.0651 e. The van der Waals surface area contributed by atoms with Gasteiger partial charge in [-0.2, -0.15) is 0 Å². The fourth-order valence-corrected chi connectivity index (χ4v) is 4.97. The highest BCUT2D eigenvalue weighted by Gasteiger charge is 2.48. The third-order valence-corrected chi connectivity index (χ3v) is 6.02. The minimum atomic E-state index is 0.393. The monoisotopic (exact) mass is 272 g/mol. The summed E-state index contributed by atoms with van der Waals surface area (Å²) in [5, 5.41) is 0. The first-order chi connectivity index (χ1) is 9.32. The average molecular weight is 272 g/mol. The second-order valence-electron chi connectivity index (χ2n) is 7.96. The van der Waals surface area contributed by atoms with Crippen molar-refractivity contribution < 1.29 is 0 Å². The molecular formula is C20H32. The zero-order valence-corrected chi connectivity index (χ0v) is 14.3. The van der Waals surface area contributed by atoms with Gasteiger partial charge in [0.1, 0.15) is 0 Å². The lowest BCUT2D eigenvalue weighted by Crippen LogP contribution is -2.44. The molecule has 1 unspecified atom stereocenters. The van der Waals surface area contributed by atoms with Gasteiger partial charge in [0.25, 0.3) is 0 Å². The second kappa shape index (κ2) is 5.54. The van der Waals surface area contributed by atoms with E-state index in [-0.39, 0.29) is 0 Å². The van der Waals surface area contributed by atoms with Crippen LogP contribution in [0, 0.1) is 16.7 Å². The molecule has 1 aliphatic rings. The summed E-state index contributed by atoms with van der Waals surface area (Å²) in [6.45, 7) is 14.5. The predicted octanol–water partition coefficient (Wildman–Crippen LogP) is 6.21. The number of benzene rings is 1. The van der Waals surface area contributed by atoms with Gasteiger partial charge in [-0.3, -0.25) is 0 Å². The van der Waals surface area contributed by atoms with Gasteiger partial charge in [0, 0.05) is 0 Å². The third-order valence-electron chi connectivity index (χ3n) is 6.02. The van der Waals surface area contributed by atoms with Crippen LogP contribution in [-0.4, -0.2) is 0 Å². The molecular weight excluding hydrogens is 240 g/mol. The molecule has 0 amide bonds. The molecule has 112 valence electrons. The van der Waals surface area contributed by atoms with Gasteiger partial charge in [-0.15, -0.1) is 0 Å². The fraction of sp³-hybridized carbons (Fsp3) is 0.700. The van der Waals surface area contributed by atoms with Crippen LogP contribution in [-0.2, 0) is 6.42 Å². The smallest absolute Gasteiger partial charge is 0.0108 e. The second-order valence-corrected chi connectivity index (χ2v) is 7.96. The van der Waals surface area contributed by atoms with Gasteiger partial charge in [0.05, 0.1) is 0 Å². The lowest BCUT2D eigenvalue weighted by Gasteiger charge is -2.54. The highest BCUT2D eigenvalue weighted by Crippen LogP contribution is 2.58. The maximum Gasteiger partial charge on any atom is -0.0108 e. The van der Waals surface area contributed by atoms with E-state index in [1.165, 1.54) is 24.8 Å². The largest absolute Gasteiger partial charge is 0.0651 e.